The molecule has 3 rings (SSSR count). The van der Waals surface area contributed by atoms with Crippen LogP contribution in [0.5, 0.6) is 0 Å². The molecular formula is C24H31Y3-. The molecule has 27 heavy (non-hydrogen) atoms. The van der Waals surface area contributed by atoms with Crippen LogP contribution in [0, 0.1) is 39.7 Å². The van der Waals surface area contributed by atoms with Crippen molar-refractivity contribution in [2.75, 3.05) is 0 Å². The van der Waals surface area contributed by atoms with Crippen molar-refractivity contribution >= 4 is 0 Å². The van der Waals surface area contributed by atoms with Crippen molar-refractivity contribution in [3.63, 3.8) is 0 Å². The fourth-order valence-corrected chi connectivity index (χ4v) is 4.11. The maximum absolute atomic E-state index is 3.62. The zero-order valence-corrected chi connectivity index (χ0v) is 26.2. The number of hydrogen-bond donors (Lipinski definition) is 0. The smallest absolute Gasteiger partial charge is 0 e. The van der Waals surface area contributed by atoms with Gasteiger partial charge in [0.15, 0.2) is 0 Å². The van der Waals surface area contributed by atoms with E-state index in [1.165, 1.54) is 64.6 Å². The molecule has 1 saturated carbocycles. The molecular weight excluding hydrogens is 555 g/mol. The Kier molecular flexibility index (Phi) is 14.1. The molecule has 0 nitrogen and oxygen atoms in total. The summed E-state index contributed by atoms with van der Waals surface area (Å²) in [6.45, 7) is 11.3. The summed E-state index contributed by atoms with van der Waals surface area (Å²) in [5.41, 5.74) is 9.90. The van der Waals surface area contributed by atoms with E-state index in [-0.39, 0.29) is 98.1 Å². The van der Waals surface area contributed by atoms with Crippen LogP contribution in [0.4, 0.5) is 0 Å². The fourth-order valence-electron chi connectivity index (χ4n) is 4.11. The fraction of sp³-hybridized carbons (Fsp3) is 0.500. The molecule has 137 valence electrons. The maximum Gasteiger partial charge on any atom is 0 e. The van der Waals surface area contributed by atoms with Gasteiger partial charge in [-0.2, -0.15) is 34.9 Å². The van der Waals surface area contributed by atoms with Crippen molar-refractivity contribution in [2.24, 2.45) is 5.92 Å². The molecule has 0 aromatic heterocycles. The Morgan fingerprint density at radius 1 is 0.815 bits per heavy atom. The van der Waals surface area contributed by atoms with Crippen molar-refractivity contribution in [2.45, 2.75) is 72.6 Å². The molecule has 0 bridgehead atoms. The summed E-state index contributed by atoms with van der Waals surface area (Å²) in [5, 5.41) is 0. The van der Waals surface area contributed by atoms with E-state index in [1.54, 1.807) is 0 Å². The van der Waals surface area contributed by atoms with Crippen LogP contribution < -0.4 is 0 Å². The van der Waals surface area contributed by atoms with Crippen molar-refractivity contribution in [3.8, 4) is 0 Å². The normalized spacial score (nSPS) is 18.7. The number of benzene rings is 2. The first kappa shape index (κ1) is 28.8. The monoisotopic (exact) mass is 586 g/mol. The summed E-state index contributed by atoms with van der Waals surface area (Å²) >= 11 is 0. The van der Waals surface area contributed by atoms with Gasteiger partial charge in [0, 0.05) is 98.1 Å². The van der Waals surface area contributed by atoms with E-state index in [1.807, 2.05) is 0 Å². The van der Waals surface area contributed by atoms with Gasteiger partial charge < -0.3 is 0 Å². The van der Waals surface area contributed by atoms with Gasteiger partial charge >= 0.3 is 0 Å². The first-order chi connectivity index (χ1) is 11.4. The molecule has 3 heteroatoms. The van der Waals surface area contributed by atoms with Crippen LogP contribution in [0.1, 0.15) is 77.5 Å². The second-order valence-electron chi connectivity index (χ2n) is 8.08. The Balaban J connectivity index is 0.00000225. The third kappa shape index (κ3) is 7.74. The molecule has 2 aromatic rings. The molecule has 0 saturated heterocycles. The number of rotatable bonds is 3. The van der Waals surface area contributed by atoms with Gasteiger partial charge in [-0.3, -0.25) is 0 Å². The average molecular weight is 586 g/mol. The summed E-state index contributed by atoms with van der Waals surface area (Å²) in [7, 11) is 0. The predicted molar refractivity (Wildman–Crippen MR) is 104 cm³/mol. The Bertz CT molecular complexity index is 705. The molecule has 2 aromatic carbocycles. The second-order valence-corrected chi connectivity index (χ2v) is 8.08. The molecule has 0 spiro atoms. The van der Waals surface area contributed by atoms with Gasteiger partial charge in [-0.25, -0.2) is 0 Å². The summed E-state index contributed by atoms with van der Waals surface area (Å²) in [6, 6.07) is 13.0. The van der Waals surface area contributed by atoms with E-state index >= 15 is 0 Å². The van der Waals surface area contributed by atoms with Gasteiger partial charge in [0.05, 0.1) is 0 Å². The third-order valence-electron chi connectivity index (χ3n) is 6.13. The molecule has 1 aliphatic rings. The van der Waals surface area contributed by atoms with Crippen LogP contribution in [0.3, 0.4) is 0 Å². The van der Waals surface area contributed by atoms with Gasteiger partial charge in [-0.15, -0.1) is 0 Å². The third-order valence-corrected chi connectivity index (χ3v) is 6.13. The summed E-state index contributed by atoms with van der Waals surface area (Å²) in [4.78, 5) is 0. The second kappa shape index (κ2) is 13.2. The number of hydrogen-bond acceptors (Lipinski definition) is 0. The Hall–Kier alpha value is 1.75. The Labute approximate surface area is 242 Å². The first-order valence-electron chi connectivity index (χ1n) is 9.52. The quantitative estimate of drug-likeness (QED) is 0.356. The van der Waals surface area contributed by atoms with Crippen molar-refractivity contribution < 1.29 is 98.1 Å². The van der Waals surface area contributed by atoms with Crippen LogP contribution in [-0.4, -0.2) is 0 Å². The Morgan fingerprint density at radius 2 is 1.37 bits per heavy atom. The van der Waals surface area contributed by atoms with Gasteiger partial charge in [0.25, 0.3) is 0 Å². The van der Waals surface area contributed by atoms with E-state index in [2.05, 4.69) is 65.0 Å². The molecule has 0 atom stereocenters. The average Bonchev–Trinajstić information content (AvgIpc) is 2.55. The minimum absolute atomic E-state index is 0. The van der Waals surface area contributed by atoms with Gasteiger partial charge in [-0.1, -0.05) is 57.6 Å². The zero-order chi connectivity index (χ0) is 17.3. The van der Waals surface area contributed by atoms with Crippen molar-refractivity contribution in [1.29, 1.82) is 0 Å². The van der Waals surface area contributed by atoms with E-state index in [0.29, 0.717) is 0 Å². The topological polar surface area (TPSA) is 0 Å². The maximum atomic E-state index is 3.62. The summed E-state index contributed by atoms with van der Waals surface area (Å²) in [5.74, 6) is 1.67. The van der Waals surface area contributed by atoms with Crippen LogP contribution in [0.25, 0.3) is 0 Å². The van der Waals surface area contributed by atoms with Crippen molar-refractivity contribution in [1.82, 2.24) is 0 Å². The van der Waals surface area contributed by atoms with Crippen molar-refractivity contribution in [3.05, 3.63) is 69.3 Å². The molecule has 0 amide bonds. The molecule has 0 heterocycles. The van der Waals surface area contributed by atoms with E-state index in [0.717, 1.165) is 18.3 Å². The van der Waals surface area contributed by atoms with Gasteiger partial charge in [0.1, 0.15) is 0 Å². The largest absolute Gasteiger partial charge is 0.179 e. The van der Waals surface area contributed by atoms with Gasteiger partial charge in [-0.05, 0) is 55.4 Å². The molecule has 0 aliphatic heterocycles. The van der Waals surface area contributed by atoms with Crippen LogP contribution in [0.2, 0.25) is 0 Å². The van der Waals surface area contributed by atoms with E-state index in [9.17, 15) is 0 Å². The standard InChI is InChI=1S/C24H31.3Y/c1-16-6-8-22(9-7-16)24-11-10-23(19(4)14-24)15-21-12-17(2)20(5)18(3)13-21;;;/h11-14,16,22H,6-9,15H2,1-5H3;;;/q-1;;;. The molecule has 0 unspecified atom stereocenters. The molecule has 1 fully saturated rings. The Morgan fingerprint density at radius 3 is 1.89 bits per heavy atom. The van der Waals surface area contributed by atoms with E-state index < -0.39 is 0 Å². The van der Waals surface area contributed by atoms with Crippen LogP contribution in [0.15, 0.2) is 24.3 Å². The van der Waals surface area contributed by atoms with Gasteiger partial charge in [0.2, 0.25) is 0 Å². The van der Waals surface area contributed by atoms with Crippen LogP contribution >= 0.6 is 0 Å². The van der Waals surface area contributed by atoms with E-state index in [4.69, 9.17) is 0 Å². The molecule has 0 N–H and O–H groups in total. The predicted octanol–water partition coefficient (Wildman–Crippen LogP) is 6.60. The summed E-state index contributed by atoms with van der Waals surface area (Å²) < 4.78 is 0. The SMILES string of the molecule is Cc1cc(C2CCC(C)CC2)c[c-]c1Cc1cc(C)c(C)c(C)c1.[Y].[Y].[Y]. The zero-order valence-electron chi connectivity index (χ0n) is 17.7. The molecule has 3 radical (unpaired) electrons. The minimum atomic E-state index is 0. The van der Waals surface area contributed by atoms with Crippen LogP contribution in [-0.2, 0) is 105 Å². The molecule has 1 aliphatic carbocycles. The first-order valence-corrected chi connectivity index (χ1v) is 9.52. The minimum Gasteiger partial charge on any atom is -0.179 e. The number of aryl methyl sites for hydroxylation is 3. The summed E-state index contributed by atoms with van der Waals surface area (Å²) in [6.07, 6.45) is 6.46.